The van der Waals surface area contributed by atoms with Crippen LogP contribution in [0.25, 0.3) is 11.3 Å². The highest BCUT2D eigenvalue weighted by molar-refractivity contribution is 7.98. The first-order valence-corrected chi connectivity index (χ1v) is 9.27. The normalized spacial score (nSPS) is 15.7. The minimum atomic E-state index is -0.824. The summed E-state index contributed by atoms with van der Waals surface area (Å²) < 4.78 is 11.6. The Balaban J connectivity index is 2.00. The third-order valence-corrected chi connectivity index (χ3v) is 4.65. The molecule has 0 aliphatic carbocycles. The Kier molecular flexibility index (Phi) is 4.29. The number of hydrogen-bond donors (Lipinski definition) is 0. The molecule has 1 unspecified atom stereocenters. The number of aromatic nitrogens is 3. The number of benzene rings is 1. The van der Waals surface area contributed by atoms with Gasteiger partial charge in [0.2, 0.25) is 23.2 Å². The Labute approximate surface area is 158 Å². The van der Waals surface area contributed by atoms with Gasteiger partial charge in [0.05, 0.1) is 12.0 Å². The van der Waals surface area contributed by atoms with E-state index in [1.807, 2.05) is 6.26 Å². The topological polar surface area (TPSA) is 81.3 Å². The summed E-state index contributed by atoms with van der Waals surface area (Å²) in [5.41, 5.74) is 1.63. The van der Waals surface area contributed by atoms with Gasteiger partial charge in [0.15, 0.2) is 11.5 Å². The monoisotopic (exact) mass is 388 g/mol. The minimum Gasteiger partial charge on any atom is -0.463 e. The Morgan fingerprint density at radius 1 is 1.31 bits per heavy atom. The van der Waals surface area contributed by atoms with Crippen molar-refractivity contribution in [2.24, 2.45) is 0 Å². The number of carbonyl (C=O) groups is 1. The van der Waals surface area contributed by atoms with Gasteiger partial charge in [-0.1, -0.05) is 23.4 Å². The number of nitrogens with zero attached hydrogens (tertiary/aromatic N) is 4. The van der Waals surface area contributed by atoms with Crippen LogP contribution >= 0.6 is 23.4 Å². The van der Waals surface area contributed by atoms with E-state index >= 15 is 0 Å². The van der Waals surface area contributed by atoms with Gasteiger partial charge in [0, 0.05) is 17.5 Å². The number of anilines is 1. The van der Waals surface area contributed by atoms with E-state index in [1.54, 1.807) is 30.3 Å². The number of hydrogen-bond acceptors (Lipinski definition) is 7. The summed E-state index contributed by atoms with van der Waals surface area (Å²) in [5.74, 6) is 0.511. The summed E-state index contributed by atoms with van der Waals surface area (Å²) in [6.45, 7) is 1.46. The van der Waals surface area contributed by atoms with Gasteiger partial charge < -0.3 is 9.15 Å². The fraction of sp³-hybridized carbons (Fsp3) is 0.176. The molecular formula is C17H13ClN4O3S. The van der Waals surface area contributed by atoms with E-state index in [4.69, 9.17) is 20.8 Å². The molecule has 1 aliphatic rings. The van der Waals surface area contributed by atoms with Gasteiger partial charge in [-0.05, 0) is 36.6 Å². The molecule has 26 heavy (non-hydrogen) atoms. The highest BCUT2D eigenvalue weighted by atomic mass is 35.5. The van der Waals surface area contributed by atoms with Crippen LogP contribution in [0.3, 0.4) is 0 Å². The lowest BCUT2D eigenvalue weighted by Crippen LogP contribution is -2.35. The zero-order valence-corrected chi connectivity index (χ0v) is 15.4. The second kappa shape index (κ2) is 6.62. The van der Waals surface area contributed by atoms with Crippen LogP contribution in [0.15, 0.2) is 46.2 Å². The average Bonchev–Trinajstić information content (AvgIpc) is 3.12. The smallest absolute Gasteiger partial charge is 0.247 e. The van der Waals surface area contributed by atoms with Crippen molar-refractivity contribution in [3.05, 3.63) is 47.4 Å². The summed E-state index contributed by atoms with van der Waals surface area (Å²) in [6, 6.07) is 8.65. The zero-order valence-electron chi connectivity index (χ0n) is 13.8. The summed E-state index contributed by atoms with van der Waals surface area (Å²) >= 11 is 7.53. The van der Waals surface area contributed by atoms with Gasteiger partial charge >= 0.3 is 0 Å². The molecule has 0 saturated heterocycles. The van der Waals surface area contributed by atoms with Crippen LogP contribution in [0.1, 0.15) is 18.9 Å². The van der Waals surface area contributed by atoms with Crippen LogP contribution in [0.2, 0.25) is 5.02 Å². The molecular weight excluding hydrogens is 376 g/mol. The second-order valence-electron chi connectivity index (χ2n) is 5.49. The van der Waals surface area contributed by atoms with Crippen LogP contribution in [-0.4, -0.2) is 27.3 Å². The molecule has 0 saturated carbocycles. The van der Waals surface area contributed by atoms with E-state index < -0.39 is 6.23 Å². The maximum atomic E-state index is 12.5. The lowest BCUT2D eigenvalue weighted by molar-refractivity contribution is -0.118. The maximum Gasteiger partial charge on any atom is 0.247 e. The molecule has 1 amide bonds. The molecule has 1 aromatic carbocycles. The lowest BCUT2D eigenvalue weighted by Gasteiger charge is -2.28. The summed E-state index contributed by atoms with van der Waals surface area (Å²) in [5, 5.41) is 9.31. The molecule has 0 bridgehead atoms. The first-order chi connectivity index (χ1) is 12.6. The largest absolute Gasteiger partial charge is 0.463 e. The van der Waals surface area contributed by atoms with Crippen LogP contribution in [0.4, 0.5) is 5.69 Å². The lowest BCUT2D eigenvalue weighted by atomic mass is 10.1. The predicted molar refractivity (Wildman–Crippen MR) is 97.3 cm³/mol. The highest BCUT2D eigenvalue weighted by Crippen LogP contribution is 2.44. The number of ether oxygens (including phenoxy) is 1. The van der Waals surface area contributed by atoms with E-state index in [0.717, 1.165) is 0 Å². The third-order valence-electron chi connectivity index (χ3n) is 3.87. The number of carbonyl (C=O) groups excluding carboxylic acids is 1. The molecule has 3 aromatic rings. The third kappa shape index (κ3) is 2.81. The van der Waals surface area contributed by atoms with Crippen LogP contribution < -0.4 is 9.64 Å². The molecule has 0 fully saturated rings. The fourth-order valence-electron chi connectivity index (χ4n) is 2.78. The van der Waals surface area contributed by atoms with Gasteiger partial charge in [-0.15, -0.1) is 10.2 Å². The first kappa shape index (κ1) is 16.9. The van der Waals surface area contributed by atoms with Gasteiger partial charge in [-0.3, -0.25) is 9.69 Å². The molecule has 1 atom stereocenters. The van der Waals surface area contributed by atoms with E-state index in [1.165, 1.54) is 29.8 Å². The Morgan fingerprint density at radius 3 is 2.85 bits per heavy atom. The molecule has 9 heteroatoms. The van der Waals surface area contributed by atoms with E-state index in [9.17, 15) is 4.79 Å². The van der Waals surface area contributed by atoms with Crippen molar-refractivity contribution < 1.29 is 13.9 Å². The fourth-order valence-corrected chi connectivity index (χ4v) is 3.25. The van der Waals surface area contributed by atoms with E-state index in [0.29, 0.717) is 32.9 Å². The zero-order chi connectivity index (χ0) is 18.3. The Hall–Kier alpha value is -2.58. The molecule has 2 aromatic heterocycles. The molecule has 4 rings (SSSR count). The molecule has 0 N–H and O–H groups in total. The minimum absolute atomic E-state index is 0.221. The van der Waals surface area contributed by atoms with Crippen LogP contribution in [0, 0.1) is 0 Å². The standard InChI is InChI=1S/C17H13ClN4O3S/c1-9(23)22-12-6-5-10(18)8-11(12)14-15(19-17(26-2)21-20-14)25-16(22)13-4-3-7-24-13/h3-8,16H,1-2H3. The van der Waals surface area contributed by atoms with Crippen molar-refractivity contribution in [3.8, 4) is 17.1 Å². The van der Waals surface area contributed by atoms with Gasteiger partial charge in [-0.25, -0.2) is 0 Å². The predicted octanol–water partition coefficient (Wildman–Crippen LogP) is 3.95. The highest BCUT2D eigenvalue weighted by Gasteiger charge is 2.36. The molecule has 132 valence electrons. The van der Waals surface area contributed by atoms with Crippen molar-refractivity contribution >= 4 is 35.0 Å². The van der Waals surface area contributed by atoms with Gasteiger partial charge in [0.1, 0.15) is 0 Å². The van der Waals surface area contributed by atoms with Crippen molar-refractivity contribution in [2.45, 2.75) is 18.3 Å². The van der Waals surface area contributed by atoms with Crippen molar-refractivity contribution in [2.75, 3.05) is 11.2 Å². The van der Waals surface area contributed by atoms with E-state index in [2.05, 4.69) is 15.2 Å². The van der Waals surface area contributed by atoms with Crippen molar-refractivity contribution in [1.82, 2.24) is 15.2 Å². The molecule has 7 nitrogen and oxygen atoms in total. The number of fused-ring (bicyclic) bond motifs is 3. The summed E-state index contributed by atoms with van der Waals surface area (Å²) in [7, 11) is 0. The molecule has 0 radical (unpaired) electrons. The number of furan rings is 1. The van der Waals surface area contributed by atoms with Gasteiger partial charge in [0.25, 0.3) is 0 Å². The first-order valence-electron chi connectivity index (χ1n) is 7.67. The SMILES string of the molecule is CSc1nnc2c(n1)OC(c1ccco1)N(C(C)=O)c1ccc(Cl)cc1-2. The maximum absolute atomic E-state index is 12.5. The Bertz CT molecular complexity index is 980. The quantitative estimate of drug-likeness (QED) is 0.614. The van der Waals surface area contributed by atoms with Crippen molar-refractivity contribution in [1.29, 1.82) is 0 Å². The van der Waals surface area contributed by atoms with Crippen molar-refractivity contribution in [3.63, 3.8) is 0 Å². The van der Waals surface area contributed by atoms with Gasteiger partial charge in [-0.2, -0.15) is 4.98 Å². The molecule has 3 heterocycles. The number of thioether (sulfide) groups is 1. The molecule has 0 spiro atoms. The number of amides is 1. The number of halogens is 1. The van der Waals surface area contributed by atoms with Crippen LogP contribution in [0.5, 0.6) is 5.88 Å². The average molecular weight is 389 g/mol. The van der Waals surface area contributed by atoms with Crippen LogP contribution in [-0.2, 0) is 4.79 Å². The number of rotatable bonds is 2. The Morgan fingerprint density at radius 2 is 2.15 bits per heavy atom. The summed E-state index contributed by atoms with van der Waals surface area (Å²) in [4.78, 5) is 18.4. The van der Waals surface area contributed by atoms with E-state index in [-0.39, 0.29) is 11.8 Å². The summed E-state index contributed by atoms with van der Waals surface area (Å²) in [6.07, 6.45) is 2.54. The second-order valence-corrected chi connectivity index (χ2v) is 6.70. The molecule has 1 aliphatic heterocycles.